The fourth-order valence-corrected chi connectivity index (χ4v) is 2.93. The molecule has 7 nitrogen and oxygen atoms in total. The van der Waals surface area contributed by atoms with E-state index in [1.165, 1.54) is 0 Å². The van der Waals surface area contributed by atoms with Crippen molar-refractivity contribution in [3.63, 3.8) is 0 Å². The number of aliphatic hydroxyl groups is 1. The molecule has 0 aliphatic carbocycles. The van der Waals surface area contributed by atoms with Crippen LogP contribution in [0.4, 0.5) is 5.69 Å². The minimum Gasteiger partial charge on any atom is -0.491 e. The Morgan fingerprint density at radius 2 is 1.96 bits per heavy atom. The number of anilines is 1. The molecule has 0 aliphatic heterocycles. The number of rotatable bonds is 9. The van der Waals surface area contributed by atoms with Crippen molar-refractivity contribution in [3.8, 4) is 5.75 Å². The van der Waals surface area contributed by atoms with Crippen LogP contribution in [-0.2, 0) is 10.3 Å². The fraction of sp³-hybridized carbons (Fsp3) is 0.263. The Balaban J connectivity index is 2.52. The first-order valence-corrected chi connectivity index (χ1v) is 8.71. The van der Waals surface area contributed by atoms with E-state index in [0.717, 1.165) is 0 Å². The zero-order valence-electron chi connectivity index (χ0n) is 14.8. The Morgan fingerprint density at radius 3 is 2.48 bits per heavy atom. The Morgan fingerprint density at radius 1 is 1.30 bits per heavy atom. The summed E-state index contributed by atoms with van der Waals surface area (Å²) in [5, 5.41) is 30.0. The van der Waals surface area contributed by atoms with Gasteiger partial charge >= 0.3 is 5.97 Å². The lowest BCUT2D eigenvalue weighted by atomic mass is 9.86. The van der Waals surface area contributed by atoms with Crippen LogP contribution in [0.3, 0.4) is 0 Å². The number of aliphatic hydroxyl groups excluding tert-OH is 1. The molecule has 0 spiro atoms. The minimum atomic E-state index is -1.51. The normalized spacial score (nSPS) is 12.9. The molecule has 0 bridgehead atoms. The molecule has 0 saturated carbocycles. The summed E-state index contributed by atoms with van der Waals surface area (Å²) in [6.07, 6.45) is 0.201. The lowest BCUT2D eigenvalue weighted by Gasteiger charge is -2.32. The molecule has 0 radical (unpaired) electrons. The Bertz CT molecular complexity index is 826. The molecule has 0 heterocycles. The van der Waals surface area contributed by atoms with E-state index < -0.39 is 11.5 Å². The number of carboxylic acids is 1. The molecule has 2 aromatic rings. The van der Waals surface area contributed by atoms with Crippen molar-refractivity contribution >= 4 is 29.1 Å². The van der Waals surface area contributed by atoms with Crippen molar-refractivity contribution in [2.24, 2.45) is 5.73 Å². The summed E-state index contributed by atoms with van der Waals surface area (Å²) in [5.41, 5.74) is 5.38. The average molecular weight is 392 g/mol. The van der Waals surface area contributed by atoms with Crippen molar-refractivity contribution < 1.29 is 19.7 Å². The second-order valence-electron chi connectivity index (χ2n) is 5.89. The Kier molecular flexibility index (Phi) is 6.65. The van der Waals surface area contributed by atoms with E-state index >= 15 is 0 Å². The van der Waals surface area contributed by atoms with Crippen LogP contribution in [0.5, 0.6) is 5.75 Å². The van der Waals surface area contributed by atoms with Crippen molar-refractivity contribution in [3.05, 3.63) is 58.6 Å². The van der Waals surface area contributed by atoms with E-state index in [2.05, 4.69) is 5.32 Å². The minimum absolute atomic E-state index is 0.0291. The highest BCUT2D eigenvalue weighted by atomic mass is 35.5. The van der Waals surface area contributed by atoms with Gasteiger partial charge in [-0.1, -0.05) is 18.5 Å². The molecule has 144 valence electrons. The van der Waals surface area contributed by atoms with Gasteiger partial charge in [0.2, 0.25) is 0 Å². The van der Waals surface area contributed by atoms with E-state index in [1.54, 1.807) is 49.4 Å². The average Bonchev–Trinajstić information content (AvgIpc) is 2.65. The third-order valence-corrected chi connectivity index (χ3v) is 4.43. The predicted molar refractivity (Wildman–Crippen MR) is 105 cm³/mol. The SMILES string of the molecule is CCC(Nc1ccc(C(=N)N)cc1)(C(=O)O)c1cc(Cl)ccc1OCCO. The van der Waals surface area contributed by atoms with Gasteiger partial charge in [-0.05, 0) is 48.9 Å². The third-order valence-electron chi connectivity index (χ3n) is 4.20. The van der Waals surface area contributed by atoms with Crippen LogP contribution < -0.4 is 15.8 Å². The highest BCUT2D eigenvalue weighted by Crippen LogP contribution is 2.38. The summed E-state index contributed by atoms with van der Waals surface area (Å²) in [7, 11) is 0. The number of carbonyl (C=O) groups is 1. The van der Waals surface area contributed by atoms with E-state index in [-0.39, 0.29) is 25.5 Å². The lowest BCUT2D eigenvalue weighted by Crippen LogP contribution is -2.43. The number of halogens is 1. The van der Waals surface area contributed by atoms with Crippen molar-refractivity contribution in [2.75, 3.05) is 18.5 Å². The first-order valence-electron chi connectivity index (χ1n) is 8.33. The van der Waals surface area contributed by atoms with Gasteiger partial charge in [0.1, 0.15) is 18.2 Å². The van der Waals surface area contributed by atoms with Crippen LogP contribution in [0.1, 0.15) is 24.5 Å². The summed E-state index contributed by atoms with van der Waals surface area (Å²) < 4.78 is 5.53. The zero-order valence-corrected chi connectivity index (χ0v) is 15.6. The molecule has 6 N–H and O–H groups in total. The Labute approximate surface area is 162 Å². The smallest absolute Gasteiger partial charge is 0.334 e. The number of hydrogen-bond donors (Lipinski definition) is 5. The molecular weight excluding hydrogens is 370 g/mol. The van der Waals surface area contributed by atoms with Gasteiger partial charge in [0.15, 0.2) is 5.54 Å². The quantitative estimate of drug-likeness (QED) is 0.330. The van der Waals surface area contributed by atoms with E-state index in [0.29, 0.717) is 27.6 Å². The van der Waals surface area contributed by atoms with Crippen LogP contribution in [0.15, 0.2) is 42.5 Å². The molecule has 0 aliphatic rings. The van der Waals surface area contributed by atoms with Crippen molar-refractivity contribution in [1.82, 2.24) is 0 Å². The van der Waals surface area contributed by atoms with Gasteiger partial charge in [-0.2, -0.15) is 0 Å². The number of benzene rings is 2. The second-order valence-corrected chi connectivity index (χ2v) is 6.33. The molecule has 1 atom stereocenters. The second kappa shape index (κ2) is 8.75. The third kappa shape index (κ3) is 4.50. The number of nitrogens with one attached hydrogen (secondary N) is 2. The maximum atomic E-state index is 12.3. The molecular formula is C19H22ClN3O4. The molecule has 0 saturated heterocycles. The van der Waals surface area contributed by atoms with E-state index in [1.807, 2.05) is 0 Å². The van der Waals surface area contributed by atoms with Crippen molar-refractivity contribution in [2.45, 2.75) is 18.9 Å². The molecule has 8 heteroatoms. The number of amidine groups is 1. The highest BCUT2D eigenvalue weighted by molar-refractivity contribution is 6.30. The molecule has 0 aromatic heterocycles. The van der Waals surface area contributed by atoms with E-state index in [9.17, 15) is 9.90 Å². The van der Waals surface area contributed by atoms with Crippen LogP contribution in [0.2, 0.25) is 5.02 Å². The standard InChI is InChI=1S/C19H22ClN3O4/c1-2-19(18(25)26,23-14-6-3-12(4-7-14)17(21)22)15-11-13(20)5-8-16(15)27-10-9-24/h3-8,11,23-24H,2,9-10H2,1H3,(H3,21,22)(H,25,26). The number of aliphatic carboxylic acids is 1. The zero-order chi connectivity index (χ0) is 20.0. The topological polar surface area (TPSA) is 129 Å². The molecule has 1 unspecified atom stereocenters. The monoisotopic (exact) mass is 391 g/mol. The van der Waals surface area contributed by atoms with Gasteiger partial charge < -0.3 is 26.0 Å². The first kappa shape index (κ1) is 20.5. The summed E-state index contributed by atoms with van der Waals surface area (Å²) in [6, 6.07) is 11.3. The van der Waals surface area contributed by atoms with Gasteiger partial charge in [-0.3, -0.25) is 5.41 Å². The van der Waals surface area contributed by atoms with Crippen molar-refractivity contribution in [1.29, 1.82) is 5.41 Å². The largest absolute Gasteiger partial charge is 0.491 e. The van der Waals surface area contributed by atoms with Gasteiger partial charge in [-0.25, -0.2) is 4.79 Å². The van der Waals surface area contributed by atoms with Crippen LogP contribution in [0.25, 0.3) is 0 Å². The summed E-state index contributed by atoms with van der Waals surface area (Å²) in [4.78, 5) is 12.3. The summed E-state index contributed by atoms with van der Waals surface area (Å²) in [6.45, 7) is 1.57. The maximum absolute atomic E-state index is 12.3. The summed E-state index contributed by atoms with van der Waals surface area (Å²) in [5.74, 6) is -0.849. The highest BCUT2D eigenvalue weighted by Gasteiger charge is 2.41. The lowest BCUT2D eigenvalue weighted by molar-refractivity contribution is -0.142. The predicted octanol–water partition coefficient (Wildman–Crippen LogP) is 2.80. The first-order chi connectivity index (χ1) is 12.8. The van der Waals surface area contributed by atoms with Gasteiger partial charge in [0.25, 0.3) is 0 Å². The molecule has 27 heavy (non-hydrogen) atoms. The van der Waals surface area contributed by atoms with Crippen LogP contribution >= 0.6 is 11.6 Å². The number of hydrogen-bond acceptors (Lipinski definition) is 5. The van der Waals surface area contributed by atoms with E-state index in [4.69, 9.17) is 32.6 Å². The number of ether oxygens (including phenoxy) is 1. The maximum Gasteiger partial charge on any atom is 0.334 e. The summed E-state index contributed by atoms with van der Waals surface area (Å²) >= 11 is 6.11. The molecule has 0 fully saturated rings. The fourth-order valence-electron chi connectivity index (χ4n) is 2.76. The van der Waals surface area contributed by atoms with Crippen LogP contribution in [0, 0.1) is 5.41 Å². The van der Waals surface area contributed by atoms with Gasteiger partial charge in [0.05, 0.1) is 6.61 Å². The van der Waals surface area contributed by atoms with Crippen LogP contribution in [-0.4, -0.2) is 35.2 Å². The molecule has 0 amide bonds. The number of carboxylic acid groups (broad SMARTS) is 1. The number of nitrogens with two attached hydrogens (primary N) is 1. The molecule has 2 aromatic carbocycles. The van der Waals surface area contributed by atoms with Gasteiger partial charge in [0, 0.05) is 21.8 Å². The van der Waals surface area contributed by atoms with Gasteiger partial charge in [-0.15, -0.1) is 0 Å². The molecule has 2 rings (SSSR count). The Hall–Kier alpha value is -2.77. The number of nitrogen functional groups attached to an aromatic ring is 1.